The van der Waals surface area contributed by atoms with Crippen LogP contribution in [0.15, 0.2) is 59.5 Å². The number of rotatable bonds is 5. The molecular formula is C30H30FN5O4. The molecule has 6 rings (SSSR count). The molecule has 2 aliphatic heterocycles. The molecule has 2 aliphatic rings. The Labute approximate surface area is 230 Å². The van der Waals surface area contributed by atoms with Crippen molar-refractivity contribution in [2.75, 3.05) is 13.1 Å². The van der Waals surface area contributed by atoms with Gasteiger partial charge in [-0.05, 0) is 48.2 Å². The van der Waals surface area contributed by atoms with Gasteiger partial charge in [0, 0.05) is 54.2 Å². The molecule has 9 nitrogen and oxygen atoms in total. The smallest absolute Gasteiger partial charge is 0.257 e. The Balaban J connectivity index is 1.24. The van der Waals surface area contributed by atoms with Crippen LogP contribution in [0.3, 0.4) is 0 Å². The number of carbonyl (C=O) groups is 2. The van der Waals surface area contributed by atoms with Crippen LogP contribution in [-0.2, 0) is 21.7 Å². The fourth-order valence-electron chi connectivity index (χ4n) is 6.07. The molecule has 2 atom stereocenters. The number of amides is 2. The van der Waals surface area contributed by atoms with Gasteiger partial charge in [-0.2, -0.15) is 4.98 Å². The summed E-state index contributed by atoms with van der Waals surface area (Å²) >= 11 is 0. The van der Waals surface area contributed by atoms with Gasteiger partial charge in [0.15, 0.2) is 6.33 Å². The summed E-state index contributed by atoms with van der Waals surface area (Å²) in [6.45, 7) is 5.74. The van der Waals surface area contributed by atoms with Gasteiger partial charge in [0.05, 0.1) is 17.0 Å². The highest BCUT2D eigenvalue weighted by atomic mass is 19.1. The first-order chi connectivity index (χ1) is 19.1. The zero-order valence-electron chi connectivity index (χ0n) is 22.4. The summed E-state index contributed by atoms with van der Waals surface area (Å²) in [5, 5.41) is 18.3. The average molecular weight is 544 g/mol. The molecule has 2 aromatic carbocycles. The van der Waals surface area contributed by atoms with E-state index in [2.05, 4.69) is 25.3 Å². The van der Waals surface area contributed by atoms with Gasteiger partial charge < -0.3 is 9.63 Å². The fourth-order valence-corrected chi connectivity index (χ4v) is 6.07. The molecule has 10 heteroatoms. The van der Waals surface area contributed by atoms with Crippen LogP contribution in [0.1, 0.15) is 55.7 Å². The van der Waals surface area contributed by atoms with Gasteiger partial charge in [-0.1, -0.05) is 37.2 Å². The minimum Gasteiger partial charge on any atom is -0.384 e. The van der Waals surface area contributed by atoms with Gasteiger partial charge in [0.2, 0.25) is 11.8 Å². The molecule has 2 aromatic heterocycles. The van der Waals surface area contributed by atoms with Crippen molar-refractivity contribution in [1.29, 1.82) is 0 Å². The summed E-state index contributed by atoms with van der Waals surface area (Å²) in [7, 11) is 0. The van der Waals surface area contributed by atoms with Crippen LogP contribution in [0.2, 0.25) is 0 Å². The highest BCUT2D eigenvalue weighted by Gasteiger charge is 2.50. The van der Waals surface area contributed by atoms with Crippen LogP contribution in [0.25, 0.3) is 22.4 Å². The zero-order chi connectivity index (χ0) is 28.1. The number of piperidine rings is 2. The van der Waals surface area contributed by atoms with Gasteiger partial charge >= 0.3 is 0 Å². The molecule has 40 heavy (non-hydrogen) atoms. The summed E-state index contributed by atoms with van der Waals surface area (Å²) in [4.78, 5) is 34.7. The Morgan fingerprint density at radius 3 is 2.65 bits per heavy atom. The van der Waals surface area contributed by atoms with Crippen molar-refractivity contribution >= 4 is 22.7 Å². The van der Waals surface area contributed by atoms with E-state index in [1.807, 2.05) is 38.1 Å². The second-order valence-electron chi connectivity index (χ2n) is 11.4. The Morgan fingerprint density at radius 2 is 1.95 bits per heavy atom. The van der Waals surface area contributed by atoms with Crippen LogP contribution in [0, 0.1) is 11.2 Å². The minimum atomic E-state index is -1.41. The summed E-state index contributed by atoms with van der Waals surface area (Å²) in [5.74, 6) is -1.33. The maximum absolute atomic E-state index is 16.2. The molecule has 0 radical (unpaired) electrons. The number of carbonyl (C=O) groups excluding carboxylic acids is 2. The van der Waals surface area contributed by atoms with E-state index in [9.17, 15) is 14.7 Å². The van der Waals surface area contributed by atoms with E-state index in [1.165, 1.54) is 6.33 Å². The van der Waals surface area contributed by atoms with Gasteiger partial charge in [-0.25, -0.2) is 4.39 Å². The van der Waals surface area contributed by atoms with Gasteiger partial charge in [0.1, 0.15) is 5.82 Å². The number of hydrogen-bond donors (Lipinski definition) is 2. The lowest BCUT2D eigenvalue weighted by molar-refractivity contribution is -0.134. The van der Waals surface area contributed by atoms with Crippen LogP contribution in [-0.4, -0.2) is 50.0 Å². The molecule has 206 valence electrons. The fraction of sp³-hybridized carbons (Fsp3) is 0.367. The van der Waals surface area contributed by atoms with Crippen molar-refractivity contribution in [3.63, 3.8) is 0 Å². The molecule has 0 spiro atoms. The Morgan fingerprint density at radius 1 is 1.15 bits per heavy atom. The Hall–Kier alpha value is -4.02. The number of nitrogens with one attached hydrogen (secondary N) is 1. The number of halogens is 1. The first-order valence-electron chi connectivity index (χ1n) is 13.4. The normalized spacial score (nSPS) is 23.4. The number of benzene rings is 2. The summed E-state index contributed by atoms with van der Waals surface area (Å²) in [6, 6.07) is 12.9. The first-order valence-corrected chi connectivity index (χ1v) is 13.4. The maximum Gasteiger partial charge on any atom is 0.257 e. The van der Waals surface area contributed by atoms with E-state index in [-0.39, 0.29) is 23.3 Å². The van der Waals surface area contributed by atoms with Crippen molar-refractivity contribution in [2.45, 2.75) is 51.2 Å². The average Bonchev–Trinajstić information content (AvgIpc) is 3.47. The Kier molecular flexibility index (Phi) is 6.47. The van der Waals surface area contributed by atoms with Crippen molar-refractivity contribution < 1.29 is 23.6 Å². The second kappa shape index (κ2) is 9.87. The SMILES string of the molecule is CC1(C)CN(Cc2ccc(-c3ncno3)cc2)CC[C@@]1(O)c1ccc2ncc([C@H]3CCC(=O)NC3=O)cc2c1F. The lowest BCUT2D eigenvalue weighted by Gasteiger charge is -2.50. The quantitative estimate of drug-likeness (QED) is 0.362. The minimum absolute atomic E-state index is 0.226. The highest BCUT2D eigenvalue weighted by Crippen LogP contribution is 2.48. The number of likely N-dealkylation sites (tertiary alicyclic amines) is 1. The van der Waals surface area contributed by atoms with Crippen molar-refractivity contribution in [3.05, 3.63) is 77.5 Å². The zero-order valence-corrected chi connectivity index (χ0v) is 22.4. The summed E-state index contributed by atoms with van der Waals surface area (Å²) in [5.41, 5.74) is 1.10. The predicted octanol–water partition coefficient (Wildman–Crippen LogP) is 4.06. The molecule has 0 bridgehead atoms. The van der Waals surface area contributed by atoms with Gasteiger partial charge in [-0.3, -0.25) is 24.8 Å². The van der Waals surface area contributed by atoms with Crippen molar-refractivity contribution in [2.24, 2.45) is 5.41 Å². The van der Waals surface area contributed by atoms with E-state index in [4.69, 9.17) is 4.52 Å². The first kappa shape index (κ1) is 26.2. The molecule has 4 heterocycles. The lowest BCUT2D eigenvalue weighted by atomic mass is 9.66. The maximum atomic E-state index is 16.2. The number of hydrogen-bond acceptors (Lipinski definition) is 8. The topological polar surface area (TPSA) is 121 Å². The van der Waals surface area contributed by atoms with Crippen molar-refractivity contribution in [1.82, 2.24) is 25.3 Å². The highest BCUT2D eigenvalue weighted by molar-refractivity contribution is 6.01. The number of imide groups is 1. The van der Waals surface area contributed by atoms with E-state index >= 15 is 4.39 Å². The monoisotopic (exact) mass is 543 g/mol. The van der Waals surface area contributed by atoms with Crippen LogP contribution in [0.5, 0.6) is 0 Å². The summed E-state index contributed by atoms with van der Waals surface area (Å²) < 4.78 is 21.3. The predicted molar refractivity (Wildman–Crippen MR) is 144 cm³/mol. The number of pyridine rings is 1. The second-order valence-corrected chi connectivity index (χ2v) is 11.4. The molecule has 4 aromatic rings. The molecule has 0 unspecified atom stereocenters. The molecule has 2 amide bonds. The third-order valence-electron chi connectivity index (χ3n) is 8.40. The molecule has 2 saturated heterocycles. The Bertz CT molecular complexity index is 1590. The molecule has 2 N–H and O–H groups in total. The van der Waals surface area contributed by atoms with Gasteiger partial charge in [0.25, 0.3) is 5.89 Å². The number of nitrogens with zero attached hydrogens (tertiary/aromatic N) is 4. The van der Waals surface area contributed by atoms with Crippen LogP contribution < -0.4 is 5.32 Å². The number of aromatic nitrogens is 3. The standard InChI is InChI=1S/C30H30FN5O4/c1-29(2)16-36(15-18-3-5-19(6-4-18)28-33-17-34-40-28)12-11-30(29,39)23-8-9-24-22(26(23)31)13-20(14-32-24)21-7-10-25(37)35-27(21)38/h3-6,8-9,13-14,17,21,39H,7,10-12,15-16H2,1-2H3,(H,35,37,38)/t21-,30-/m1/s1. The van der Waals surface area contributed by atoms with Crippen LogP contribution >= 0.6 is 0 Å². The van der Waals surface area contributed by atoms with E-state index in [0.29, 0.717) is 49.4 Å². The van der Waals surface area contributed by atoms with E-state index < -0.39 is 28.7 Å². The van der Waals surface area contributed by atoms with E-state index in [1.54, 1.807) is 24.4 Å². The molecule has 0 aliphatic carbocycles. The molecule has 2 fully saturated rings. The number of fused-ring (bicyclic) bond motifs is 1. The van der Waals surface area contributed by atoms with Crippen molar-refractivity contribution in [3.8, 4) is 11.5 Å². The third kappa shape index (κ3) is 4.56. The molecule has 0 saturated carbocycles. The van der Waals surface area contributed by atoms with E-state index in [0.717, 1.165) is 11.1 Å². The molecular weight excluding hydrogens is 513 g/mol. The third-order valence-corrected chi connectivity index (χ3v) is 8.40. The van der Waals surface area contributed by atoms with Gasteiger partial charge in [-0.15, -0.1) is 0 Å². The number of aliphatic hydroxyl groups is 1. The largest absolute Gasteiger partial charge is 0.384 e. The lowest BCUT2D eigenvalue weighted by Crippen LogP contribution is -2.55. The van der Waals surface area contributed by atoms with Crippen LogP contribution in [0.4, 0.5) is 4.39 Å². The summed E-state index contributed by atoms with van der Waals surface area (Å²) in [6.07, 6.45) is 3.86.